The zero-order valence-electron chi connectivity index (χ0n) is 14.2. The number of hydrogen-bond acceptors (Lipinski definition) is 3. The lowest BCUT2D eigenvalue weighted by atomic mass is 10.1. The molecule has 0 spiro atoms. The zero-order chi connectivity index (χ0) is 18.2. The molecule has 3 nitrogen and oxygen atoms in total. The Morgan fingerprint density at radius 1 is 1.17 bits per heavy atom. The summed E-state index contributed by atoms with van der Waals surface area (Å²) in [6.07, 6.45) is 1.65. The van der Waals surface area contributed by atoms with E-state index in [1.54, 1.807) is 0 Å². The van der Waals surface area contributed by atoms with Gasteiger partial charge in [-0.15, -0.1) is 0 Å². The first kappa shape index (κ1) is 20.5. The minimum Gasteiger partial charge on any atom is -0.487 e. The fraction of sp³-hybridized carbons (Fsp3) is 0.611. The van der Waals surface area contributed by atoms with Crippen molar-refractivity contribution in [2.75, 3.05) is 0 Å². The van der Waals surface area contributed by atoms with Gasteiger partial charge in [-0.3, -0.25) is 4.79 Å². The Hall–Kier alpha value is -1.56. The summed E-state index contributed by atoms with van der Waals surface area (Å²) >= 11 is 0. The van der Waals surface area contributed by atoms with Crippen LogP contribution < -0.4 is 4.74 Å². The van der Waals surface area contributed by atoms with Crippen LogP contribution in [0.2, 0.25) is 0 Å². The maximum absolute atomic E-state index is 14.3. The van der Waals surface area contributed by atoms with Gasteiger partial charge in [0.15, 0.2) is 11.6 Å². The number of Topliss-reactive ketones (excluding diaryl/α,β-unsaturated/α-hetero) is 1. The molecule has 0 saturated carbocycles. The molecule has 0 radical (unpaired) electrons. The molecule has 1 N–H and O–H groups in total. The first-order valence-electron chi connectivity index (χ1n) is 8.41. The van der Waals surface area contributed by atoms with Gasteiger partial charge in [-0.25, -0.2) is 4.39 Å². The molecule has 1 aromatic carbocycles. The largest absolute Gasteiger partial charge is 0.487 e. The molecular formula is C18H25F3O3. The highest BCUT2D eigenvalue weighted by molar-refractivity contribution is 6.00. The molecule has 0 aliphatic rings. The van der Waals surface area contributed by atoms with Gasteiger partial charge in [-0.1, -0.05) is 45.6 Å². The molecule has 1 rings (SSSR count). The maximum Gasteiger partial charge on any atom is 0.418 e. The fourth-order valence-corrected chi connectivity index (χ4v) is 2.50. The first-order valence-corrected chi connectivity index (χ1v) is 8.41. The molecule has 0 saturated heterocycles. The van der Waals surface area contributed by atoms with Crippen molar-refractivity contribution in [1.82, 2.24) is 0 Å². The Bertz CT molecular complexity index is 527. The van der Waals surface area contributed by atoms with E-state index >= 15 is 0 Å². The molecule has 24 heavy (non-hydrogen) atoms. The Morgan fingerprint density at radius 3 is 2.46 bits per heavy atom. The number of rotatable bonds is 11. The van der Waals surface area contributed by atoms with Gasteiger partial charge >= 0.3 is 6.11 Å². The highest BCUT2D eigenvalue weighted by Crippen LogP contribution is 2.27. The third-order valence-electron chi connectivity index (χ3n) is 3.77. The van der Waals surface area contributed by atoms with Gasteiger partial charge < -0.3 is 9.84 Å². The molecule has 6 heteroatoms. The molecule has 1 unspecified atom stereocenters. The van der Waals surface area contributed by atoms with Crippen LogP contribution in [-0.4, -0.2) is 23.1 Å². The number of benzene rings is 1. The summed E-state index contributed by atoms with van der Waals surface area (Å²) in [6, 6.07) is 3.47. The van der Waals surface area contributed by atoms with Crippen molar-refractivity contribution in [2.45, 2.75) is 71.0 Å². The summed E-state index contributed by atoms with van der Waals surface area (Å²) in [5.74, 6) is -3.37. The number of aliphatic hydroxyl groups is 1. The Labute approximate surface area is 140 Å². The highest BCUT2D eigenvalue weighted by atomic mass is 19.3. The normalized spacial score (nSPS) is 12.9. The predicted molar refractivity (Wildman–Crippen MR) is 86.0 cm³/mol. The monoisotopic (exact) mass is 346 g/mol. The molecular weight excluding hydrogens is 321 g/mol. The van der Waals surface area contributed by atoms with Gasteiger partial charge in [0.2, 0.25) is 0 Å². The minimum absolute atomic E-state index is 0.235. The quantitative estimate of drug-likeness (QED) is 0.447. The zero-order valence-corrected chi connectivity index (χ0v) is 14.2. The van der Waals surface area contributed by atoms with Crippen molar-refractivity contribution in [1.29, 1.82) is 0 Å². The number of alkyl halides is 2. The Morgan fingerprint density at radius 2 is 1.88 bits per heavy atom. The van der Waals surface area contributed by atoms with Gasteiger partial charge in [0.05, 0.1) is 11.7 Å². The number of unbranched alkanes of at least 4 members (excludes halogenated alkanes) is 3. The number of hydrogen-bond donors (Lipinski definition) is 1. The van der Waals surface area contributed by atoms with Crippen molar-refractivity contribution >= 4 is 5.78 Å². The van der Waals surface area contributed by atoms with Crippen LogP contribution in [0.4, 0.5) is 13.2 Å². The molecule has 0 bridgehead atoms. The average Bonchev–Trinajstić information content (AvgIpc) is 2.52. The van der Waals surface area contributed by atoms with E-state index in [2.05, 4.69) is 6.92 Å². The van der Waals surface area contributed by atoms with Crippen LogP contribution in [0, 0.1) is 5.82 Å². The fourth-order valence-electron chi connectivity index (χ4n) is 2.50. The molecule has 136 valence electrons. The molecule has 1 aromatic rings. The van der Waals surface area contributed by atoms with Gasteiger partial charge in [-0.05, 0) is 31.4 Å². The second-order valence-electron chi connectivity index (χ2n) is 5.87. The lowest BCUT2D eigenvalue weighted by Gasteiger charge is -2.20. The predicted octanol–water partition coefficient (Wildman–Crippen LogP) is 5.11. The number of carbonyl (C=O) groups is 1. The van der Waals surface area contributed by atoms with Gasteiger partial charge in [-0.2, -0.15) is 8.78 Å². The standard InChI is InChI=1S/C18H25F3O3/c1-3-5-6-7-10-13(9-4-2)24-15-12-8-11-14(16(15)19)17(22)18(20,21)23/h8,11-13,23H,3-7,9-10H2,1-2H3. The number of ether oxygens (including phenoxy) is 1. The van der Waals surface area contributed by atoms with Crippen LogP contribution in [-0.2, 0) is 0 Å². The third kappa shape index (κ3) is 6.15. The maximum atomic E-state index is 14.3. The third-order valence-corrected chi connectivity index (χ3v) is 3.77. The van der Waals surface area contributed by atoms with Gasteiger partial charge in [0, 0.05) is 0 Å². The van der Waals surface area contributed by atoms with E-state index in [0.717, 1.165) is 44.6 Å². The molecule has 1 atom stereocenters. The van der Waals surface area contributed by atoms with Gasteiger partial charge in [0.25, 0.3) is 5.78 Å². The number of carbonyl (C=O) groups excluding carboxylic acids is 1. The summed E-state index contributed by atoms with van der Waals surface area (Å²) in [5, 5.41) is 8.50. The summed E-state index contributed by atoms with van der Waals surface area (Å²) in [4.78, 5) is 11.4. The Kier molecular flexibility index (Phi) is 8.25. The van der Waals surface area contributed by atoms with Crippen LogP contribution >= 0.6 is 0 Å². The Balaban J connectivity index is 2.86. The van der Waals surface area contributed by atoms with Crippen molar-refractivity contribution < 1.29 is 27.8 Å². The van der Waals surface area contributed by atoms with Crippen LogP contribution in [0.25, 0.3) is 0 Å². The summed E-state index contributed by atoms with van der Waals surface area (Å²) in [7, 11) is 0. The molecule has 0 aliphatic heterocycles. The lowest BCUT2D eigenvalue weighted by Crippen LogP contribution is -2.29. The second-order valence-corrected chi connectivity index (χ2v) is 5.87. The van der Waals surface area contributed by atoms with E-state index in [9.17, 15) is 18.0 Å². The van der Waals surface area contributed by atoms with E-state index in [0.29, 0.717) is 6.42 Å². The molecule has 0 aromatic heterocycles. The topological polar surface area (TPSA) is 46.5 Å². The number of ketones is 1. The van der Waals surface area contributed by atoms with Crippen molar-refractivity contribution in [3.8, 4) is 5.75 Å². The average molecular weight is 346 g/mol. The van der Waals surface area contributed by atoms with Crippen molar-refractivity contribution in [3.63, 3.8) is 0 Å². The lowest BCUT2D eigenvalue weighted by molar-refractivity contribution is -0.155. The van der Waals surface area contributed by atoms with Crippen LogP contribution in [0.5, 0.6) is 5.75 Å². The van der Waals surface area contributed by atoms with E-state index in [-0.39, 0.29) is 11.9 Å². The summed E-state index contributed by atoms with van der Waals surface area (Å²) in [6.45, 7) is 4.08. The SMILES string of the molecule is CCCCCCC(CCC)Oc1cccc(C(=O)C(O)(F)F)c1F. The molecule has 0 heterocycles. The van der Waals surface area contributed by atoms with Crippen LogP contribution in [0.3, 0.4) is 0 Å². The van der Waals surface area contributed by atoms with E-state index < -0.39 is 23.3 Å². The van der Waals surface area contributed by atoms with E-state index in [1.165, 1.54) is 12.1 Å². The molecule has 0 aliphatic carbocycles. The second kappa shape index (κ2) is 9.67. The van der Waals surface area contributed by atoms with Crippen molar-refractivity contribution in [3.05, 3.63) is 29.6 Å². The molecule has 0 amide bonds. The smallest absolute Gasteiger partial charge is 0.418 e. The molecule has 0 fully saturated rings. The summed E-state index contributed by atoms with van der Waals surface area (Å²) < 4.78 is 45.4. The minimum atomic E-state index is -4.61. The number of halogens is 3. The first-order chi connectivity index (χ1) is 11.3. The van der Waals surface area contributed by atoms with Gasteiger partial charge in [0.1, 0.15) is 0 Å². The van der Waals surface area contributed by atoms with Crippen LogP contribution in [0.1, 0.15) is 69.2 Å². The van der Waals surface area contributed by atoms with E-state index in [1.807, 2.05) is 6.92 Å². The van der Waals surface area contributed by atoms with Crippen LogP contribution in [0.15, 0.2) is 18.2 Å². The van der Waals surface area contributed by atoms with Crippen molar-refractivity contribution in [2.24, 2.45) is 0 Å². The summed E-state index contributed by atoms with van der Waals surface area (Å²) in [5.41, 5.74) is -0.874. The highest BCUT2D eigenvalue weighted by Gasteiger charge is 2.38. The van der Waals surface area contributed by atoms with E-state index in [4.69, 9.17) is 9.84 Å².